The minimum atomic E-state index is -0.872. The number of rotatable bonds is 6. The van der Waals surface area contributed by atoms with Gasteiger partial charge in [-0.2, -0.15) is 4.99 Å². The van der Waals surface area contributed by atoms with Gasteiger partial charge in [-0.3, -0.25) is 0 Å². The molecule has 5 heteroatoms. The molecule has 0 heterocycles. The van der Waals surface area contributed by atoms with Crippen LogP contribution in [0.25, 0.3) is 0 Å². The Morgan fingerprint density at radius 2 is 1.71 bits per heavy atom. The summed E-state index contributed by atoms with van der Waals surface area (Å²) in [5.41, 5.74) is 1.38. The maximum absolute atomic E-state index is 15.0. The van der Waals surface area contributed by atoms with Crippen LogP contribution in [0.15, 0.2) is 29.3 Å². The number of hydrogen-bond donors (Lipinski definition) is 0. The third kappa shape index (κ3) is 5.32. The Balaban J connectivity index is 2.42. The summed E-state index contributed by atoms with van der Waals surface area (Å²) in [6.45, 7) is 5.90. The van der Waals surface area contributed by atoms with Crippen molar-refractivity contribution >= 4 is 23.1 Å². The summed E-state index contributed by atoms with van der Waals surface area (Å²) in [6.07, 6.45) is 3.75. The van der Waals surface area contributed by atoms with E-state index in [4.69, 9.17) is 0 Å². The van der Waals surface area contributed by atoms with Crippen molar-refractivity contribution in [3.8, 4) is 11.8 Å². The van der Waals surface area contributed by atoms with E-state index in [1.165, 1.54) is 0 Å². The average Bonchev–Trinajstić information content (AvgIpc) is 2.64. The van der Waals surface area contributed by atoms with Crippen LogP contribution in [0.5, 0.6) is 0 Å². The molecule has 0 saturated carbocycles. The molecule has 0 N–H and O–H groups in total. The summed E-state index contributed by atoms with van der Waals surface area (Å²) in [5, 5.41) is 1.94. The highest BCUT2D eigenvalue weighted by molar-refractivity contribution is 7.78. The Morgan fingerprint density at radius 1 is 1.04 bits per heavy atom. The number of unbranched alkanes of at least 4 members (excludes halogenated alkanes) is 2. The number of isothiocyanates is 1. The maximum Gasteiger partial charge on any atom is 0.153 e. The summed E-state index contributed by atoms with van der Waals surface area (Å²) in [7, 11) is 0. The summed E-state index contributed by atoms with van der Waals surface area (Å²) in [6, 6.07) is 5.68. The third-order valence-electron chi connectivity index (χ3n) is 4.40. The van der Waals surface area contributed by atoms with E-state index in [1.54, 1.807) is 12.1 Å². The fourth-order valence-electron chi connectivity index (χ4n) is 3.00. The van der Waals surface area contributed by atoms with Gasteiger partial charge in [0, 0.05) is 16.7 Å². The monoisotopic (exact) mass is 401 g/mol. The maximum atomic E-state index is 15.0. The third-order valence-corrected chi connectivity index (χ3v) is 4.49. The van der Waals surface area contributed by atoms with Crippen LogP contribution in [0.3, 0.4) is 0 Å². The Morgan fingerprint density at radius 3 is 2.29 bits per heavy atom. The first-order valence-electron chi connectivity index (χ1n) is 9.29. The topological polar surface area (TPSA) is 12.4 Å². The van der Waals surface area contributed by atoms with Crippen molar-refractivity contribution in [3.05, 3.63) is 64.0 Å². The molecule has 0 aliphatic carbocycles. The predicted octanol–water partition coefficient (Wildman–Crippen LogP) is 7.09. The van der Waals surface area contributed by atoms with Gasteiger partial charge in [-0.1, -0.05) is 51.5 Å². The number of nitrogens with zero attached hydrogens (tertiary/aromatic N) is 1. The predicted molar refractivity (Wildman–Crippen MR) is 111 cm³/mol. The molecule has 0 aliphatic rings. The summed E-state index contributed by atoms with van der Waals surface area (Å²) in [5.74, 6) is 3.54. The van der Waals surface area contributed by atoms with Crippen LogP contribution >= 0.6 is 12.2 Å². The van der Waals surface area contributed by atoms with Gasteiger partial charge >= 0.3 is 0 Å². The normalized spacial score (nSPS) is 10.4. The van der Waals surface area contributed by atoms with Gasteiger partial charge in [0.2, 0.25) is 0 Å². The second-order valence-electron chi connectivity index (χ2n) is 6.85. The fourth-order valence-corrected chi connectivity index (χ4v) is 3.09. The van der Waals surface area contributed by atoms with Gasteiger partial charge in [-0.15, -0.1) is 0 Å². The molecule has 28 heavy (non-hydrogen) atoms. The minimum absolute atomic E-state index is 0.0665. The zero-order valence-corrected chi connectivity index (χ0v) is 17.0. The molecule has 2 aromatic rings. The summed E-state index contributed by atoms with van der Waals surface area (Å²) < 4.78 is 42.9. The van der Waals surface area contributed by atoms with Crippen molar-refractivity contribution in [1.29, 1.82) is 0 Å². The lowest BCUT2D eigenvalue weighted by molar-refractivity contribution is 0.573. The van der Waals surface area contributed by atoms with Gasteiger partial charge in [0.1, 0.15) is 11.5 Å². The lowest BCUT2D eigenvalue weighted by atomic mass is 9.92. The Bertz CT molecular complexity index is 941. The highest BCUT2D eigenvalue weighted by Gasteiger charge is 2.15. The highest BCUT2D eigenvalue weighted by atomic mass is 32.1. The molecular weight excluding hydrogens is 379 g/mol. The molecule has 2 aromatic carbocycles. The molecule has 0 bridgehead atoms. The van der Waals surface area contributed by atoms with E-state index in [-0.39, 0.29) is 17.3 Å². The standard InChI is InChI=1S/C23H22F3NS/c1-4-5-6-7-18-11-10-17(21(15(2)3)22(18)26)9-8-16-12-19(24)23(27-14-28)20(25)13-16/h10-13,15H,4-7H2,1-3H3. The van der Waals surface area contributed by atoms with E-state index in [9.17, 15) is 13.2 Å². The number of halogens is 3. The molecule has 0 amide bonds. The van der Waals surface area contributed by atoms with Crippen LogP contribution in [0.1, 0.15) is 68.2 Å². The molecule has 0 atom stereocenters. The lowest BCUT2D eigenvalue weighted by Gasteiger charge is -2.14. The van der Waals surface area contributed by atoms with E-state index < -0.39 is 17.3 Å². The molecule has 0 aliphatic heterocycles. The highest BCUT2D eigenvalue weighted by Crippen LogP contribution is 2.27. The van der Waals surface area contributed by atoms with Crippen LogP contribution in [-0.2, 0) is 6.42 Å². The fraction of sp³-hybridized carbons (Fsp3) is 0.348. The molecule has 0 saturated heterocycles. The van der Waals surface area contributed by atoms with Crippen molar-refractivity contribution in [3.63, 3.8) is 0 Å². The number of aliphatic imine (C=N–C) groups is 1. The van der Waals surface area contributed by atoms with Crippen LogP contribution in [0.2, 0.25) is 0 Å². The van der Waals surface area contributed by atoms with Gasteiger partial charge in [0.25, 0.3) is 0 Å². The number of hydrogen-bond acceptors (Lipinski definition) is 2. The Labute approximate surface area is 169 Å². The first-order chi connectivity index (χ1) is 13.4. The summed E-state index contributed by atoms with van der Waals surface area (Å²) >= 11 is 4.38. The Hall–Kier alpha value is -2.41. The van der Waals surface area contributed by atoms with Gasteiger partial charge in [-0.05, 0) is 54.7 Å². The first kappa shape index (κ1) is 21.9. The number of thiocarbonyl (C=S) groups is 1. The van der Waals surface area contributed by atoms with E-state index in [0.717, 1.165) is 31.4 Å². The van der Waals surface area contributed by atoms with Crippen molar-refractivity contribution in [2.24, 2.45) is 4.99 Å². The molecule has 0 aromatic heterocycles. The Kier molecular flexibility index (Phi) is 7.99. The van der Waals surface area contributed by atoms with Gasteiger partial charge in [0.15, 0.2) is 11.6 Å². The molecular formula is C23H22F3NS. The number of aryl methyl sites for hydroxylation is 1. The van der Waals surface area contributed by atoms with Gasteiger partial charge < -0.3 is 0 Å². The quantitative estimate of drug-likeness (QED) is 0.218. The smallest absolute Gasteiger partial charge is 0.153 e. The summed E-state index contributed by atoms with van der Waals surface area (Å²) in [4.78, 5) is 3.37. The second-order valence-corrected chi connectivity index (χ2v) is 7.04. The molecule has 0 fully saturated rings. The molecule has 146 valence electrons. The largest absolute Gasteiger partial charge is 0.206 e. The SMILES string of the molecule is CCCCCc1ccc(C#Cc2cc(F)c(N=C=S)c(F)c2)c(C(C)C)c1F. The van der Waals surface area contributed by atoms with Crippen LogP contribution in [-0.4, -0.2) is 5.16 Å². The van der Waals surface area contributed by atoms with Crippen molar-refractivity contribution in [2.45, 2.75) is 52.4 Å². The minimum Gasteiger partial charge on any atom is -0.206 e. The van der Waals surface area contributed by atoms with Crippen molar-refractivity contribution in [2.75, 3.05) is 0 Å². The zero-order valence-electron chi connectivity index (χ0n) is 16.2. The van der Waals surface area contributed by atoms with Gasteiger partial charge in [-0.25, -0.2) is 13.2 Å². The lowest BCUT2D eigenvalue weighted by Crippen LogP contribution is -2.03. The van der Waals surface area contributed by atoms with Crippen LogP contribution in [0.4, 0.5) is 18.9 Å². The zero-order chi connectivity index (χ0) is 20.7. The molecule has 0 spiro atoms. The van der Waals surface area contributed by atoms with Crippen LogP contribution in [0, 0.1) is 29.3 Å². The molecule has 0 unspecified atom stereocenters. The van der Waals surface area contributed by atoms with Crippen molar-refractivity contribution < 1.29 is 13.2 Å². The van der Waals surface area contributed by atoms with E-state index >= 15 is 0 Å². The average molecular weight is 401 g/mol. The molecule has 1 nitrogen and oxygen atoms in total. The number of benzene rings is 2. The van der Waals surface area contributed by atoms with E-state index in [1.807, 2.05) is 19.0 Å². The first-order valence-corrected chi connectivity index (χ1v) is 9.70. The second kappa shape index (κ2) is 10.2. The van der Waals surface area contributed by atoms with E-state index in [0.29, 0.717) is 23.1 Å². The van der Waals surface area contributed by atoms with Crippen molar-refractivity contribution in [1.82, 2.24) is 0 Å². The molecule has 0 radical (unpaired) electrons. The van der Waals surface area contributed by atoms with Gasteiger partial charge in [0.05, 0.1) is 5.16 Å². The van der Waals surface area contributed by atoms with E-state index in [2.05, 4.69) is 36.0 Å². The van der Waals surface area contributed by atoms with Crippen LogP contribution < -0.4 is 0 Å². The molecule has 2 rings (SSSR count).